The Kier molecular flexibility index (Phi) is 9.83. The van der Waals surface area contributed by atoms with E-state index in [1.807, 2.05) is 57.2 Å². The first-order chi connectivity index (χ1) is 12.9. The highest BCUT2D eigenvalue weighted by atomic mass is 35.5. The second-order valence-corrected chi connectivity index (χ2v) is 7.47. The molecule has 154 valence electrons. The van der Waals surface area contributed by atoms with Crippen LogP contribution < -0.4 is 20.1 Å². The minimum Gasteiger partial charge on any atom is -0.497 e. The zero-order valence-electron chi connectivity index (χ0n) is 17.1. The molecule has 5 nitrogen and oxygen atoms in total. The number of amides is 1. The molecule has 0 aliphatic rings. The van der Waals surface area contributed by atoms with Crippen LogP contribution in [0, 0.1) is 0 Å². The summed E-state index contributed by atoms with van der Waals surface area (Å²) in [5.41, 5.74) is 2.03. The molecule has 6 heteroatoms. The van der Waals surface area contributed by atoms with Gasteiger partial charge in [-0.15, -0.1) is 12.4 Å². The molecule has 0 aliphatic heterocycles. The lowest BCUT2D eigenvalue weighted by molar-refractivity contribution is -0.124. The normalized spacial score (nSPS) is 10.7. The van der Waals surface area contributed by atoms with E-state index in [9.17, 15) is 4.79 Å². The van der Waals surface area contributed by atoms with E-state index in [0.717, 1.165) is 30.0 Å². The van der Waals surface area contributed by atoms with Crippen molar-refractivity contribution in [1.29, 1.82) is 0 Å². The maximum absolute atomic E-state index is 11.9. The summed E-state index contributed by atoms with van der Waals surface area (Å²) in [7, 11) is 1.67. The summed E-state index contributed by atoms with van der Waals surface area (Å²) in [6.45, 7) is 7.40. The van der Waals surface area contributed by atoms with Gasteiger partial charge in [-0.25, -0.2) is 0 Å². The van der Waals surface area contributed by atoms with Gasteiger partial charge in [-0.2, -0.15) is 0 Å². The standard InChI is InChI=1S/C22H30N2O3.ClH/c1-22(2,3)24-21(25)16-27-20-8-6-5-7-18(20)15-23-14-13-17-9-11-19(26-4)12-10-17;/h5-12,23H,13-16H2,1-4H3,(H,24,25);1H. The zero-order chi connectivity index (χ0) is 19.7. The molecule has 0 bridgehead atoms. The van der Waals surface area contributed by atoms with Gasteiger partial charge < -0.3 is 20.1 Å². The first-order valence-corrected chi connectivity index (χ1v) is 9.23. The molecule has 0 spiro atoms. The number of carbonyl (C=O) groups excluding carboxylic acids is 1. The monoisotopic (exact) mass is 406 g/mol. The van der Waals surface area contributed by atoms with Gasteiger partial charge >= 0.3 is 0 Å². The molecule has 1 amide bonds. The highest BCUT2D eigenvalue weighted by Gasteiger charge is 2.14. The Balaban J connectivity index is 0.00000392. The Morgan fingerprint density at radius 3 is 2.36 bits per heavy atom. The number of para-hydroxylation sites is 1. The molecule has 0 unspecified atom stereocenters. The van der Waals surface area contributed by atoms with Crippen molar-refractivity contribution in [2.24, 2.45) is 0 Å². The molecule has 0 atom stereocenters. The van der Waals surface area contributed by atoms with Crippen molar-refractivity contribution in [1.82, 2.24) is 10.6 Å². The molecule has 0 aromatic heterocycles. The fourth-order valence-corrected chi connectivity index (χ4v) is 2.64. The van der Waals surface area contributed by atoms with Gasteiger partial charge in [0.2, 0.25) is 0 Å². The second kappa shape index (κ2) is 11.6. The van der Waals surface area contributed by atoms with Crippen LogP contribution in [0.3, 0.4) is 0 Å². The quantitative estimate of drug-likeness (QED) is 0.623. The van der Waals surface area contributed by atoms with E-state index in [0.29, 0.717) is 6.54 Å². The number of halogens is 1. The average Bonchev–Trinajstić information content (AvgIpc) is 2.63. The lowest BCUT2D eigenvalue weighted by Gasteiger charge is -2.20. The van der Waals surface area contributed by atoms with Crippen molar-refractivity contribution in [3.05, 3.63) is 59.7 Å². The van der Waals surface area contributed by atoms with Crippen LogP contribution in [0.5, 0.6) is 11.5 Å². The summed E-state index contributed by atoms with van der Waals surface area (Å²) in [5.74, 6) is 1.48. The molecule has 0 aliphatic carbocycles. The lowest BCUT2D eigenvalue weighted by atomic mass is 10.1. The number of hydrogen-bond donors (Lipinski definition) is 2. The summed E-state index contributed by atoms with van der Waals surface area (Å²) < 4.78 is 10.9. The van der Waals surface area contributed by atoms with E-state index in [1.54, 1.807) is 7.11 Å². The van der Waals surface area contributed by atoms with E-state index < -0.39 is 0 Å². The van der Waals surface area contributed by atoms with Crippen molar-refractivity contribution < 1.29 is 14.3 Å². The first-order valence-electron chi connectivity index (χ1n) is 9.23. The SMILES string of the molecule is COc1ccc(CCNCc2ccccc2OCC(=O)NC(C)(C)C)cc1.Cl. The molecular formula is C22H31ClN2O3. The zero-order valence-corrected chi connectivity index (χ0v) is 17.9. The summed E-state index contributed by atoms with van der Waals surface area (Å²) >= 11 is 0. The van der Waals surface area contributed by atoms with Crippen molar-refractivity contribution in [2.75, 3.05) is 20.3 Å². The van der Waals surface area contributed by atoms with Gasteiger partial charge in [0.15, 0.2) is 6.61 Å². The lowest BCUT2D eigenvalue weighted by Crippen LogP contribution is -2.43. The molecule has 0 fully saturated rings. The number of ether oxygens (including phenoxy) is 2. The van der Waals surface area contributed by atoms with Gasteiger partial charge in [0.1, 0.15) is 11.5 Å². The number of hydrogen-bond acceptors (Lipinski definition) is 4. The number of rotatable bonds is 9. The minimum absolute atomic E-state index is 0. The molecule has 2 aromatic rings. The third kappa shape index (κ3) is 8.63. The largest absolute Gasteiger partial charge is 0.497 e. The van der Waals surface area contributed by atoms with Crippen molar-refractivity contribution in [2.45, 2.75) is 39.3 Å². The third-order valence-electron chi connectivity index (χ3n) is 3.91. The van der Waals surface area contributed by atoms with Crippen LogP contribution in [-0.4, -0.2) is 31.7 Å². The van der Waals surface area contributed by atoms with Crippen LogP contribution in [0.1, 0.15) is 31.9 Å². The van der Waals surface area contributed by atoms with E-state index in [1.165, 1.54) is 5.56 Å². The van der Waals surface area contributed by atoms with Crippen molar-refractivity contribution >= 4 is 18.3 Å². The van der Waals surface area contributed by atoms with Crippen LogP contribution in [0.2, 0.25) is 0 Å². The fourth-order valence-electron chi connectivity index (χ4n) is 2.64. The predicted octanol–water partition coefficient (Wildman–Crippen LogP) is 3.74. The van der Waals surface area contributed by atoms with Crippen LogP contribution in [-0.2, 0) is 17.8 Å². The third-order valence-corrected chi connectivity index (χ3v) is 3.91. The Morgan fingerprint density at radius 2 is 1.71 bits per heavy atom. The number of benzene rings is 2. The summed E-state index contributed by atoms with van der Waals surface area (Å²) in [4.78, 5) is 11.9. The smallest absolute Gasteiger partial charge is 0.258 e. The Hall–Kier alpha value is -2.24. The van der Waals surface area contributed by atoms with Gasteiger partial charge in [0, 0.05) is 17.6 Å². The molecular weight excluding hydrogens is 376 g/mol. The Morgan fingerprint density at radius 1 is 1.04 bits per heavy atom. The maximum Gasteiger partial charge on any atom is 0.258 e. The van der Waals surface area contributed by atoms with Gasteiger partial charge in [0.05, 0.1) is 7.11 Å². The van der Waals surface area contributed by atoms with Crippen LogP contribution >= 0.6 is 12.4 Å². The van der Waals surface area contributed by atoms with E-state index >= 15 is 0 Å². The van der Waals surface area contributed by atoms with Gasteiger partial charge in [-0.05, 0) is 57.5 Å². The number of carbonyl (C=O) groups is 1. The van der Waals surface area contributed by atoms with Crippen molar-refractivity contribution in [3.63, 3.8) is 0 Å². The molecule has 28 heavy (non-hydrogen) atoms. The summed E-state index contributed by atoms with van der Waals surface area (Å²) in [6.07, 6.45) is 0.932. The predicted molar refractivity (Wildman–Crippen MR) is 115 cm³/mol. The molecule has 2 aromatic carbocycles. The maximum atomic E-state index is 11.9. The van der Waals surface area contributed by atoms with Crippen LogP contribution in [0.15, 0.2) is 48.5 Å². The van der Waals surface area contributed by atoms with Gasteiger partial charge in [-0.1, -0.05) is 30.3 Å². The highest BCUT2D eigenvalue weighted by Crippen LogP contribution is 2.18. The highest BCUT2D eigenvalue weighted by molar-refractivity contribution is 5.85. The molecule has 2 rings (SSSR count). The van der Waals surface area contributed by atoms with E-state index in [4.69, 9.17) is 9.47 Å². The number of methoxy groups -OCH3 is 1. The van der Waals surface area contributed by atoms with Crippen LogP contribution in [0.25, 0.3) is 0 Å². The second-order valence-electron chi connectivity index (χ2n) is 7.47. The molecule has 0 heterocycles. The van der Waals surface area contributed by atoms with Gasteiger partial charge in [0.25, 0.3) is 5.91 Å². The molecule has 0 saturated carbocycles. The topological polar surface area (TPSA) is 59.6 Å². The van der Waals surface area contributed by atoms with E-state index in [2.05, 4.69) is 22.8 Å². The molecule has 0 radical (unpaired) electrons. The first kappa shape index (κ1) is 23.8. The van der Waals surface area contributed by atoms with Crippen LogP contribution in [0.4, 0.5) is 0 Å². The number of nitrogens with one attached hydrogen (secondary N) is 2. The Labute approximate surface area is 174 Å². The summed E-state index contributed by atoms with van der Waals surface area (Å²) in [6, 6.07) is 15.9. The summed E-state index contributed by atoms with van der Waals surface area (Å²) in [5, 5.41) is 6.33. The molecule has 2 N–H and O–H groups in total. The fraction of sp³-hybridized carbons (Fsp3) is 0.409. The Bertz CT molecular complexity index is 727. The van der Waals surface area contributed by atoms with Gasteiger partial charge in [-0.3, -0.25) is 4.79 Å². The minimum atomic E-state index is -0.261. The van der Waals surface area contributed by atoms with Crippen molar-refractivity contribution in [3.8, 4) is 11.5 Å². The van der Waals surface area contributed by atoms with E-state index in [-0.39, 0.29) is 30.5 Å². The molecule has 0 saturated heterocycles. The average molecular weight is 407 g/mol.